The van der Waals surface area contributed by atoms with E-state index in [9.17, 15) is 4.79 Å². The minimum absolute atomic E-state index is 0.148. The van der Waals surface area contributed by atoms with Crippen LogP contribution in [0.3, 0.4) is 0 Å². The van der Waals surface area contributed by atoms with Gasteiger partial charge in [-0.2, -0.15) is 5.10 Å². The van der Waals surface area contributed by atoms with Gasteiger partial charge in [0.2, 0.25) is 0 Å². The van der Waals surface area contributed by atoms with Gasteiger partial charge in [-0.3, -0.25) is 14.8 Å². The molecule has 0 aromatic carbocycles. The Balaban J connectivity index is 1.85. The van der Waals surface area contributed by atoms with Gasteiger partial charge < -0.3 is 5.32 Å². The molecule has 7 nitrogen and oxygen atoms in total. The van der Waals surface area contributed by atoms with E-state index < -0.39 is 0 Å². The van der Waals surface area contributed by atoms with Crippen molar-refractivity contribution in [2.75, 3.05) is 6.54 Å². The molecule has 0 aliphatic rings. The van der Waals surface area contributed by atoms with Crippen molar-refractivity contribution in [3.8, 4) is 23.6 Å². The van der Waals surface area contributed by atoms with Crippen LogP contribution >= 0.6 is 0 Å². The summed E-state index contributed by atoms with van der Waals surface area (Å²) in [6.45, 7) is 0.640. The molecular formula is C21H16N6O. The molecule has 0 fully saturated rings. The molecule has 0 saturated carbocycles. The molecule has 0 saturated heterocycles. The number of rotatable bonds is 5. The third-order valence-electron chi connectivity index (χ3n) is 4.22. The van der Waals surface area contributed by atoms with Gasteiger partial charge in [0, 0.05) is 30.4 Å². The summed E-state index contributed by atoms with van der Waals surface area (Å²) in [7, 11) is 0. The number of hydrogen-bond donors (Lipinski definition) is 1. The Morgan fingerprint density at radius 2 is 1.96 bits per heavy atom. The first-order valence-corrected chi connectivity index (χ1v) is 8.64. The average Bonchev–Trinajstić information content (AvgIpc) is 3.15. The van der Waals surface area contributed by atoms with Crippen LogP contribution in [-0.4, -0.2) is 37.2 Å². The lowest BCUT2D eigenvalue weighted by atomic mass is 10.1. The zero-order valence-electron chi connectivity index (χ0n) is 14.9. The zero-order chi connectivity index (χ0) is 19.3. The third-order valence-corrected chi connectivity index (χ3v) is 4.22. The van der Waals surface area contributed by atoms with Crippen LogP contribution in [0.15, 0.2) is 61.3 Å². The van der Waals surface area contributed by atoms with Crippen LogP contribution in [0.5, 0.6) is 0 Å². The maximum Gasteiger partial charge on any atom is 0.252 e. The maximum atomic E-state index is 12.7. The number of nitrogens with zero attached hydrogens (tertiary/aromatic N) is 5. The zero-order valence-corrected chi connectivity index (χ0v) is 14.9. The first-order valence-electron chi connectivity index (χ1n) is 8.64. The van der Waals surface area contributed by atoms with Crippen LogP contribution in [-0.2, 0) is 6.54 Å². The predicted octanol–water partition coefficient (Wildman–Crippen LogP) is 2.30. The van der Waals surface area contributed by atoms with Crippen LogP contribution < -0.4 is 5.32 Å². The molecule has 1 N–H and O–H groups in total. The van der Waals surface area contributed by atoms with Crippen LogP contribution in [0.4, 0.5) is 0 Å². The molecular weight excluding hydrogens is 352 g/mol. The van der Waals surface area contributed by atoms with Gasteiger partial charge in [0.15, 0.2) is 5.65 Å². The third kappa shape index (κ3) is 3.44. The molecule has 1 amide bonds. The van der Waals surface area contributed by atoms with Crippen molar-refractivity contribution in [3.63, 3.8) is 0 Å². The second-order valence-corrected chi connectivity index (χ2v) is 6.08. The Morgan fingerprint density at radius 1 is 1.14 bits per heavy atom. The van der Waals surface area contributed by atoms with E-state index in [1.807, 2.05) is 24.3 Å². The maximum absolute atomic E-state index is 12.7. The molecule has 4 aromatic heterocycles. The number of terminal acetylenes is 1. The lowest BCUT2D eigenvalue weighted by Gasteiger charge is -2.09. The highest BCUT2D eigenvalue weighted by atomic mass is 16.1. The Labute approximate surface area is 161 Å². The van der Waals surface area contributed by atoms with Crippen molar-refractivity contribution >= 4 is 16.9 Å². The summed E-state index contributed by atoms with van der Waals surface area (Å²) in [6, 6.07) is 9.29. The number of hydrogen-bond acceptors (Lipinski definition) is 5. The van der Waals surface area contributed by atoms with Crippen LogP contribution in [0.25, 0.3) is 22.3 Å². The van der Waals surface area contributed by atoms with Crippen molar-refractivity contribution in [1.82, 2.24) is 30.0 Å². The molecule has 0 aliphatic heterocycles. The number of carbonyl (C=O) groups is 1. The number of fused-ring (bicyclic) bond motifs is 1. The predicted molar refractivity (Wildman–Crippen MR) is 105 cm³/mol. The van der Waals surface area contributed by atoms with Crippen LogP contribution in [0.2, 0.25) is 0 Å². The standard InChI is InChI=1S/C21H16N6O/c1-2-7-24-21(28)17-10-19(16-6-4-9-23-12-16)26-20-18(17)13-25-27(20)14-15-5-3-8-22-11-15/h1,3-6,8-13H,7,14H2,(H,24,28). The summed E-state index contributed by atoms with van der Waals surface area (Å²) in [5.74, 6) is 2.15. The van der Waals surface area contributed by atoms with Crippen molar-refractivity contribution in [1.29, 1.82) is 0 Å². The summed E-state index contributed by atoms with van der Waals surface area (Å²) in [5.41, 5.74) is 3.51. The van der Waals surface area contributed by atoms with E-state index in [-0.39, 0.29) is 12.5 Å². The van der Waals surface area contributed by atoms with E-state index in [1.54, 1.807) is 41.7 Å². The van der Waals surface area contributed by atoms with E-state index in [4.69, 9.17) is 11.4 Å². The molecule has 0 atom stereocenters. The molecule has 4 heterocycles. The second kappa shape index (κ2) is 7.68. The Morgan fingerprint density at radius 3 is 2.68 bits per heavy atom. The average molecular weight is 368 g/mol. The molecule has 0 bridgehead atoms. The summed E-state index contributed by atoms with van der Waals surface area (Å²) in [4.78, 5) is 25.7. The summed E-state index contributed by atoms with van der Waals surface area (Å²) in [5, 5.41) is 7.81. The largest absolute Gasteiger partial charge is 0.341 e. The fourth-order valence-electron chi connectivity index (χ4n) is 2.90. The lowest BCUT2D eigenvalue weighted by Crippen LogP contribution is -2.24. The molecule has 0 unspecified atom stereocenters. The number of amides is 1. The van der Waals surface area contributed by atoms with E-state index >= 15 is 0 Å². The van der Waals surface area contributed by atoms with Crippen molar-refractivity contribution in [3.05, 3.63) is 72.4 Å². The first-order chi connectivity index (χ1) is 13.8. The van der Waals surface area contributed by atoms with Gasteiger partial charge in [-0.1, -0.05) is 12.0 Å². The minimum Gasteiger partial charge on any atom is -0.341 e. The van der Waals surface area contributed by atoms with E-state index in [1.165, 1.54) is 0 Å². The molecule has 0 radical (unpaired) electrons. The van der Waals surface area contributed by atoms with Gasteiger partial charge >= 0.3 is 0 Å². The summed E-state index contributed by atoms with van der Waals surface area (Å²) in [6.07, 6.45) is 13.8. The molecule has 28 heavy (non-hydrogen) atoms. The van der Waals surface area contributed by atoms with E-state index in [2.05, 4.69) is 26.3 Å². The topological polar surface area (TPSA) is 85.6 Å². The normalized spacial score (nSPS) is 10.5. The fourth-order valence-corrected chi connectivity index (χ4v) is 2.90. The monoisotopic (exact) mass is 368 g/mol. The molecule has 4 aromatic rings. The first kappa shape index (κ1) is 17.4. The molecule has 0 spiro atoms. The quantitative estimate of drug-likeness (QED) is 0.546. The molecule has 4 rings (SSSR count). The second-order valence-electron chi connectivity index (χ2n) is 6.08. The molecule has 136 valence electrons. The van der Waals surface area contributed by atoms with Gasteiger partial charge in [-0.15, -0.1) is 6.42 Å². The van der Waals surface area contributed by atoms with Crippen molar-refractivity contribution < 1.29 is 4.79 Å². The highest BCUT2D eigenvalue weighted by Gasteiger charge is 2.17. The smallest absolute Gasteiger partial charge is 0.252 e. The Kier molecular flexibility index (Phi) is 4.76. The fraction of sp³-hybridized carbons (Fsp3) is 0.0952. The Bertz CT molecular complexity index is 1160. The number of pyridine rings is 3. The lowest BCUT2D eigenvalue weighted by molar-refractivity contribution is 0.0960. The highest BCUT2D eigenvalue weighted by molar-refractivity contribution is 6.06. The van der Waals surface area contributed by atoms with E-state index in [0.717, 1.165) is 11.1 Å². The van der Waals surface area contributed by atoms with Crippen molar-refractivity contribution in [2.24, 2.45) is 0 Å². The van der Waals surface area contributed by atoms with Crippen LogP contribution in [0.1, 0.15) is 15.9 Å². The molecule has 7 heteroatoms. The SMILES string of the molecule is C#CCNC(=O)c1cc(-c2cccnc2)nc2c1cnn2Cc1cccnc1. The van der Waals surface area contributed by atoms with Gasteiger partial charge in [-0.25, -0.2) is 9.67 Å². The number of aromatic nitrogens is 5. The van der Waals surface area contributed by atoms with Crippen LogP contribution in [0, 0.1) is 12.3 Å². The Hall–Kier alpha value is -4.05. The number of nitrogens with one attached hydrogen (secondary N) is 1. The highest BCUT2D eigenvalue weighted by Crippen LogP contribution is 2.25. The van der Waals surface area contributed by atoms with Gasteiger partial charge in [0.1, 0.15) is 0 Å². The van der Waals surface area contributed by atoms with Gasteiger partial charge in [0.25, 0.3) is 5.91 Å². The van der Waals surface area contributed by atoms with Gasteiger partial charge in [0.05, 0.1) is 35.9 Å². The molecule has 0 aliphatic carbocycles. The van der Waals surface area contributed by atoms with E-state index in [0.29, 0.717) is 28.8 Å². The summed E-state index contributed by atoms with van der Waals surface area (Å²) >= 11 is 0. The van der Waals surface area contributed by atoms with Crippen molar-refractivity contribution in [2.45, 2.75) is 6.54 Å². The minimum atomic E-state index is -0.267. The number of carbonyl (C=O) groups excluding carboxylic acids is 1. The van der Waals surface area contributed by atoms with Gasteiger partial charge in [-0.05, 0) is 29.8 Å². The summed E-state index contributed by atoms with van der Waals surface area (Å²) < 4.78 is 1.75.